The summed E-state index contributed by atoms with van der Waals surface area (Å²) in [5, 5.41) is 27.2. The Morgan fingerprint density at radius 2 is 1.96 bits per heavy atom. The quantitative estimate of drug-likeness (QED) is 0.247. The predicted octanol–water partition coefficient (Wildman–Crippen LogP) is -2.08. The molecule has 0 unspecified atom stereocenters. The lowest BCUT2D eigenvalue weighted by Gasteiger charge is -2.25. The van der Waals surface area contributed by atoms with Gasteiger partial charge in [0.2, 0.25) is 0 Å². The number of nitrogens with two attached hydrogens (primary N) is 2. The smallest absolute Gasteiger partial charge is 0.451 e. The highest BCUT2D eigenvalue weighted by molar-refractivity contribution is 7.87. The monoisotopic (exact) mass is 380 g/mol. The first-order valence-electron chi connectivity index (χ1n) is 7.92. The van der Waals surface area contributed by atoms with E-state index >= 15 is 0 Å². The van der Waals surface area contributed by atoms with Crippen LogP contribution in [-0.4, -0.2) is 71.7 Å². The third-order valence-corrected chi connectivity index (χ3v) is 6.58. The summed E-state index contributed by atoms with van der Waals surface area (Å²) < 4.78 is 28.6. The molecule has 146 valence electrons. The molecule has 12 heteroatoms. The molecule has 2 fully saturated rings. The summed E-state index contributed by atoms with van der Waals surface area (Å²) in [4.78, 5) is 11.6. The van der Waals surface area contributed by atoms with Crippen molar-refractivity contribution in [3.63, 3.8) is 0 Å². The van der Waals surface area contributed by atoms with Crippen molar-refractivity contribution in [3.8, 4) is 0 Å². The highest BCUT2D eigenvalue weighted by atomic mass is 32.2. The van der Waals surface area contributed by atoms with Gasteiger partial charge in [-0.2, -0.15) is 17.4 Å². The Hall–Kier alpha value is -0.755. The van der Waals surface area contributed by atoms with E-state index in [9.17, 15) is 18.3 Å². The minimum atomic E-state index is -3.88. The zero-order valence-electron chi connectivity index (χ0n) is 13.4. The fraction of sp³-hybridized carbons (Fsp3) is 0.923. The van der Waals surface area contributed by atoms with Gasteiger partial charge in [-0.25, -0.2) is 0 Å². The van der Waals surface area contributed by atoms with Crippen LogP contribution in [0.3, 0.4) is 0 Å². The number of rotatable bonds is 9. The second-order valence-electron chi connectivity index (χ2n) is 6.84. The van der Waals surface area contributed by atoms with Crippen LogP contribution in [-0.2, 0) is 15.0 Å². The van der Waals surface area contributed by atoms with Gasteiger partial charge in [-0.3, -0.25) is 4.79 Å². The second-order valence-corrected chi connectivity index (χ2v) is 8.51. The van der Waals surface area contributed by atoms with Gasteiger partial charge in [0.05, 0.1) is 0 Å². The normalized spacial score (nSPS) is 28.4. The van der Waals surface area contributed by atoms with Crippen LogP contribution in [0.1, 0.15) is 33.1 Å². The number of hydrogen-bond acceptors (Lipinski definition) is 7. The summed E-state index contributed by atoms with van der Waals surface area (Å²) in [7, 11) is -5.37. The Balaban J connectivity index is 0.00000312. The van der Waals surface area contributed by atoms with E-state index in [-0.39, 0.29) is 39.8 Å². The summed E-state index contributed by atoms with van der Waals surface area (Å²) in [6.07, 6.45) is 2.01. The van der Waals surface area contributed by atoms with E-state index in [4.69, 9.17) is 21.5 Å². The number of carbonyl (C=O) groups is 1. The van der Waals surface area contributed by atoms with E-state index in [0.29, 0.717) is 19.3 Å². The molecule has 0 aromatic carbocycles. The lowest BCUT2D eigenvalue weighted by Crippen LogP contribution is -2.56. The van der Waals surface area contributed by atoms with E-state index in [1.807, 2.05) is 0 Å². The largest absolute Gasteiger partial charge is 0.480 e. The van der Waals surface area contributed by atoms with Gasteiger partial charge >= 0.3 is 13.1 Å². The number of carboxylic acids is 1. The molecule has 8 N–H and O–H groups in total. The van der Waals surface area contributed by atoms with Gasteiger partial charge in [0.1, 0.15) is 5.54 Å². The number of aliphatic carboxylic acids is 1. The molecule has 0 aromatic heterocycles. The molecule has 1 saturated carbocycles. The minimum Gasteiger partial charge on any atom is -0.480 e. The van der Waals surface area contributed by atoms with Crippen molar-refractivity contribution in [3.05, 3.63) is 0 Å². The summed E-state index contributed by atoms with van der Waals surface area (Å²) in [5.41, 5.74) is 9.24. The molecule has 1 saturated heterocycles. The zero-order valence-corrected chi connectivity index (χ0v) is 14.2. The summed E-state index contributed by atoms with van der Waals surface area (Å²) in [6, 6.07) is 0. The molecule has 25 heavy (non-hydrogen) atoms. The van der Waals surface area contributed by atoms with Gasteiger partial charge < -0.3 is 26.6 Å². The van der Waals surface area contributed by atoms with Crippen molar-refractivity contribution in [1.29, 1.82) is 0 Å². The van der Waals surface area contributed by atoms with Gasteiger partial charge in [-0.05, 0) is 25.6 Å². The van der Waals surface area contributed by atoms with Crippen LogP contribution < -0.4 is 16.2 Å². The average molecular weight is 380 g/mol. The van der Waals surface area contributed by atoms with Crippen molar-refractivity contribution < 1.29 is 28.4 Å². The van der Waals surface area contributed by atoms with Crippen LogP contribution >= 0.6 is 0 Å². The Bertz CT molecular complexity index is 585. The van der Waals surface area contributed by atoms with Crippen molar-refractivity contribution in [2.45, 2.75) is 50.5 Å². The molecule has 0 radical (unpaired) electrons. The van der Waals surface area contributed by atoms with Crippen LogP contribution in [0.4, 0.5) is 0 Å². The van der Waals surface area contributed by atoms with Crippen molar-refractivity contribution >= 4 is 23.3 Å². The molecule has 2 atom stereocenters. The van der Waals surface area contributed by atoms with Gasteiger partial charge in [-0.15, -0.1) is 0 Å². The van der Waals surface area contributed by atoms with Crippen LogP contribution in [0.15, 0.2) is 0 Å². The molecule has 1 heterocycles. The minimum absolute atomic E-state index is 0. The fourth-order valence-electron chi connectivity index (χ4n) is 3.05. The van der Waals surface area contributed by atoms with Gasteiger partial charge in [0.25, 0.3) is 10.2 Å². The third-order valence-electron chi connectivity index (χ3n) is 4.93. The Labute approximate surface area is 148 Å². The predicted molar refractivity (Wildman–Crippen MR) is 93.7 cm³/mol. The zero-order chi connectivity index (χ0) is 18.2. The van der Waals surface area contributed by atoms with E-state index in [2.05, 4.69) is 4.72 Å². The van der Waals surface area contributed by atoms with E-state index < -0.39 is 40.3 Å². The SMILES string of the molecule is C.NCC1(NS(=O)(=O)N2C[C@H](CCCB(O)O)[C@](N)(C(=O)O)C2)CC1. The molecule has 0 bridgehead atoms. The Morgan fingerprint density at radius 3 is 2.40 bits per heavy atom. The summed E-state index contributed by atoms with van der Waals surface area (Å²) in [5.74, 6) is -1.88. The molecule has 1 aliphatic heterocycles. The lowest BCUT2D eigenvalue weighted by molar-refractivity contribution is -0.144. The van der Waals surface area contributed by atoms with Crippen LogP contribution in [0, 0.1) is 5.92 Å². The fourth-order valence-corrected chi connectivity index (χ4v) is 4.78. The maximum absolute atomic E-state index is 12.5. The number of nitrogens with zero attached hydrogens (tertiary/aromatic N) is 1. The maximum Gasteiger partial charge on any atom is 0.451 e. The van der Waals surface area contributed by atoms with Gasteiger partial charge in [0, 0.05) is 31.1 Å². The molecule has 0 amide bonds. The second kappa shape index (κ2) is 7.86. The molecule has 0 spiro atoms. The molecule has 0 aromatic rings. The van der Waals surface area contributed by atoms with Crippen LogP contribution in [0.5, 0.6) is 0 Å². The van der Waals surface area contributed by atoms with Gasteiger partial charge in [0.15, 0.2) is 0 Å². The summed E-state index contributed by atoms with van der Waals surface area (Å²) >= 11 is 0. The van der Waals surface area contributed by atoms with E-state index in [0.717, 1.165) is 4.31 Å². The Kier molecular flexibility index (Phi) is 7.01. The Morgan fingerprint density at radius 1 is 1.36 bits per heavy atom. The first-order valence-corrected chi connectivity index (χ1v) is 9.36. The van der Waals surface area contributed by atoms with E-state index in [1.165, 1.54) is 0 Å². The highest BCUT2D eigenvalue weighted by Gasteiger charge is 2.54. The number of nitrogens with one attached hydrogen (secondary N) is 1. The third kappa shape index (κ3) is 4.91. The van der Waals surface area contributed by atoms with Crippen LogP contribution in [0.25, 0.3) is 0 Å². The van der Waals surface area contributed by atoms with Crippen molar-refractivity contribution in [2.75, 3.05) is 19.6 Å². The summed E-state index contributed by atoms with van der Waals surface area (Å²) in [6.45, 7) is -0.171. The molecule has 10 nitrogen and oxygen atoms in total. The first-order chi connectivity index (χ1) is 11.0. The van der Waals surface area contributed by atoms with Gasteiger partial charge in [-0.1, -0.05) is 13.8 Å². The number of carboxylic acid groups (broad SMARTS) is 1. The maximum atomic E-state index is 12.5. The molecule has 2 rings (SSSR count). The number of hydrogen-bond donors (Lipinski definition) is 6. The van der Waals surface area contributed by atoms with Crippen LogP contribution in [0.2, 0.25) is 6.32 Å². The standard InChI is InChI=1S/C12H25BN4O6S.CH4/c14-7-11(3-4-11)16-24(22,23)17-6-9(2-1-5-13(20)21)12(15,8-17)10(18)19;/h9,16,20-21H,1-8,14-15H2,(H,18,19);1H4/t9-,12-;/m0./s1. The molecular formula is C13H29BN4O6S. The topological polar surface area (TPSA) is 179 Å². The lowest BCUT2D eigenvalue weighted by atomic mass is 9.78. The highest BCUT2D eigenvalue weighted by Crippen LogP contribution is 2.37. The molecule has 1 aliphatic carbocycles. The average Bonchev–Trinajstić information content (AvgIpc) is 3.14. The van der Waals surface area contributed by atoms with Crippen molar-refractivity contribution in [2.24, 2.45) is 17.4 Å². The molecule has 2 aliphatic rings. The van der Waals surface area contributed by atoms with E-state index in [1.54, 1.807) is 0 Å². The first kappa shape index (κ1) is 22.3. The molecular weight excluding hydrogens is 351 g/mol. The van der Waals surface area contributed by atoms with Crippen molar-refractivity contribution in [1.82, 2.24) is 9.03 Å².